The third kappa shape index (κ3) is 9.08. The fourth-order valence-electron chi connectivity index (χ4n) is 0.585. The van der Waals surface area contributed by atoms with Crippen LogP contribution in [0.5, 0.6) is 0 Å². The van der Waals surface area contributed by atoms with E-state index in [4.69, 9.17) is 21.4 Å². The van der Waals surface area contributed by atoms with E-state index in [1.165, 1.54) is 0 Å². The summed E-state index contributed by atoms with van der Waals surface area (Å²) in [6.45, 7) is 0.798. The van der Waals surface area contributed by atoms with Crippen molar-refractivity contribution >= 4 is 23.7 Å². The molecule has 82 valence electrons. The van der Waals surface area contributed by atoms with E-state index in [9.17, 15) is 9.59 Å². The van der Waals surface area contributed by atoms with E-state index in [-0.39, 0.29) is 32.2 Å². The first kappa shape index (κ1) is 13.0. The lowest BCUT2D eigenvalue weighted by atomic mass is 10.6. The fourth-order valence-corrected chi connectivity index (χ4v) is 0.662. The van der Waals surface area contributed by atoms with Gasteiger partial charge in [-0.3, -0.25) is 4.79 Å². The van der Waals surface area contributed by atoms with Gasteiger partial charge in [0.05, 0.1) is 13.2 Å². The standard InChI is InChI=1S/C7H12ClNO5/c8-5-6(10)14-4-3-13-2-1-9-7(11)12/h9H,1-5H2,(H,11,12). The van der Waals surface area contributed by atoms with Gasteiger partial charge in [0.25, 0.3) is 0 Å². The minimum Gasteiger partial charge on any atom is -0.465 e. The SMILES string of the molecule is O=C(O)NCCOCCOC(=O)CCl. The Kier molecular flexibility index (Phi) is 7.96. The normalized spacial score (nSPS) is 9.50. The predicted molar refractivity (Wildman–Crippen MR) is 48.5 cm³/mol. The van der Waals surface area contributed by atoms with Crippen molar-refractivity contribution in [1.82, 2.24) is 5.32 Å². The van der Waals surface area contributed by atoms with Crippen molar-refractivity contribution in [3.05, 3.63) is 0 Å². The Morgan fingerprint density at radius 2 is 2.00 bits per heavy atom. The number of hydrogen-bond acceptors (Lipinski definition) is 4. The van der Waals surface area contributed by atoms with E-state index < -0.39 is 12.1 Å². The van der Waals surface area contributed by atoms with Gasteiger partial charge < -0.3 is 19.9 Å². The second-order valence-corrected chi connectivity index (χ2v) is 2.47. The predicted octanol–water partition coefficient (Wildman–Crippen LogP) is 0.0526. The zero-order valence-electron chi connectivity index (χ0n) is 7.49. The number of halogens is 1. The van der Waals surface area contributed by atoms with Crippen molar-refractivity contribution < 1.29 is 24.2 Å². The Hall–Kier alpha value is -1.01. The van der Waals surface area contributed by atoms with Crippen molar-refractivity contribution in [3.63, 3.8) is 0 Å². The van der Waals surface area contributed by atoms with Crippen LogP contribution in [0.3, 0.4) is 0 Å². The van der Waals surface area contributed by atoms with Gasteiger partial charge in [-0.05, 0) is 0 Å². The summed E-state index contributed by atoms with van der Waals surface area (Å²) in [5.41, 5.74) is 0. The van der Waals surface area contributed by atoms with Crippen LogP contribution in [0, 0.1) is 0 Å². The molecular formula is C7H12ClNO5. The number of ether oxygens (including phenoxy) is 2. The van der Waals surface area contributed by atoms with Crippen LogP contribution < -0.4 is 5.32 Å². The molecule has 0 heterocycles. The zero-order chi connectivity index (χ0) is 10.8. The molecule has 2 N–H and O–H groups in total. The lowest BCUT2D eigenvalue weighted by molar-refractivity contribution is -0.142. The van der Waals surface area contributed by atoms with Crippen molar-refractivity contribution in [2.45, 2.75) is 0 Å². The maximum atomic E-state index is 10.5. The largest absolute Gasteiger partial charge is 0.465 e. The van der Waals surface area contributed by atoms with Crippen LogP contribution in [-0.4, -0.2) is 49.4 Å². The Morgan fingerprint density at radius 1 is 1.29 bits per heavy atom. The van der Waals surface area contributed by atoms with Gasteiger partial charge in [0, 0.05) is 6.54 Å². The van der Waals surface area contributed by atoms with E-state index in [2.05, 4.69) is 10.1 Å². The Morgan fingerprint density at radius 3 is 2.57 bits per heavy atom. The summed E-state index contributed by atoms with van der Waals surface area (Å²) in [6.07, 6.45) is -1.10. The molecule has 1 amide bonds. The van der Waals surface area contributed by atoms with Crippen LogP contribution in [0.1, 0.15) is 0 Å². The first-order valence-electron chi connectivity index (χ1n) is 3.93. The number of carbonyl (C=O) groups excluding carboxylic acids is 1. The lowest BCUT2D eigenvalue weighted by Crippen LogP contribution is -2.25. The van der Waals surface area contributed by atoms with Gasteiger partial charge in [0.1, 0.15) is 12.5 Å². The maximum absolute atomic E-state index is 10.5. The Bertz CT molecular complexity index is 187. The molecule has 0 aliphatic carbocycles. The number of carboxylic acid groups (broad SMARTS) is 1. The molecule has 0 radical (unpaired) electrons. The first-order valence-corrected chi connectivity index (χ1v) is 4.46. The Balaban J connectivity index is 3.06. The zero-order valence-corrected chi connectivity index (χ0v) is 8.25. The summed E-state index contributed by atoms with van der Waals surface area (Å²) in [4.78, 5) is 20.5. The molecule has 0 aliphatic rings. The molecule has 0 saturated heterocycles. The molecule has 0 aromatic carbocycles. The molecule has 7 heteroatoms. The van der Waals surface area contributed by atoms with Crippen molar-refractivity contribution in [3.8, 4) is 0 Å². The topological polar surface area (TPSA) is 84.9 Å². The van der Waals surface area contributed by atoms with E-state index >= 15 is 0 Å². The number of rotatable bonds is 7. The third-order valence-electron chi connectivity index (χ3n) is 1.12. The lowest BCUT2D eigenvalue weighted by Gasteiger charge is -2.04. The van der Waals surface area contributed by atoms with Crippen molar-refractivity contribution in [2.24, 2.45) is 0 Å². The molecule has 6 nitrogen and oxygen atoms in total. The summed E-state index contributed by atoms with van der Waals surface area (Å²) < 4.78 is 9.52. The molecule has 14 heavy (non-hydrogen) atoms. The van der Waals surface area contributed by atoms with Crippen LogP contribution in [0.4, 0.5) is 4.79 Å². The summed E-state index contributed by atoms with van der Waals surface area (Å²) in [7, 11) is 0. The van der Waals surface area contributed by atoms with Crippen LogP contribution in [0.2, 0.25) is 0 Å². The number of nitrogens with one attached hydrogen (secondary N) is 1. The van der Waals surface area contributed by atoms with Crippen LogP contribution >= 0.6 is 11.6 Å². The van der Waals surface area contributed by atoms with Gasteiger partial charge in [-0.25, -0.2) is 4.79 Å². The quantitative estimate of drug-likeness (QED) is 0.363. The molecule has 0 unspecified atom stereocenters. The van der Waals surface area contributed by atoms with E-state index in [0.717, 1.165) is 0 Å². The second kappa shape index (κ2) is 8.58. The molecular weight excluding hydrogens is 214 g/mol. The minimum absolute atomic E-state index is 0.124. The highest BCUT2D eigenvalue weighted by Crippen LogP contribution is 1.83. The number of hydrogen-bond donors (Lipinski definition) is 2. The van der Waals surface area contributed by atoms with Crippen LogP contribution in [0.15, 0.2) is 0 Å². The maximum Gasteiger partial charge on any atom is 0.404 e. The molecule has 0 aromatic rings. The number of carbonyl (C=O) groups is 2. The fraction of sp³-hybridized carbons (Fsp3) is 0.714. The minimum atomic E-state index is -1.10. The molecule has 0 aromatic heterocycles. The van der Waals surface area contributed by atoms with Crippen molar-refractivity contribution in [2.75, 3.05) is 32.2 Å². The van der Waals surface area contributed by atoms with Gasteiger partial charge in [0.15, 0.2) is 0 Å². The highest BCUT2D eigenvalue weighted by atomic mass is 35.5. The average molecular weight is 226 g/mol. The molecule has 0 atom stereocenters. The number of esters is 1. The molecule has 0 saturated carbocycles. The molecule has 0 fully saturated rings. The monoisotopic (exact) mass is 225 g/mol. The smallest absolute Gasteiger partial charge is 0.404 e. The molecule has 0 rings (SSSR count). The van der Waals surface area contributed by atoms with Gasteiger partial charge >= 0.3 is 12.1 Å². The summed E-state index contributed by atoms with van der Waals surface area (Å²) in [5.74, 6) is -0.681. The molecule has 0 aliphatic heterocycles. The second-order valence-electron chi connectivity index (χ2n) is 2.20. The number of alkyl halides is 1. The van der Waals surface area contributed by atoms with Gasteiger partial charge in [-0.1, -0.05) is 0 Å². The number of amides is 1. The highest BCUT2D eigenvalue weighted by Gasteiger charge is 1.98. The van der Waals surface area contributed by atoms with E-state index in [1.807, 2.05) is 0 Å². The third-order valence-corrected chi connectivity index (χ3v) is 1.34. The molecule has 0 spiro atoms. The van der Waals surface area contributed by atoms with Crippen LogP contribution in [-0.2, 0) is 14.3 Å². The van der Waals surface area contributed by atoms with Gasteiger partial charge in [-0.15, -0.1) is 11.6 Å². The van der Waals surface area contributed by atoms with Gasteiger partial charge in [0.2, 0.25) is 0 Å². The first-order chi connectivity index (χ1) is 6.66. The molecule has 0 bridgehead atoms. The van der Waals surface area contributed by atoms with Crippen molar-refractivity contribution in [1.29, 1.82) is 0 Å². The van der Waals surface area contributed by atoms with Gasteiger partial charge in [-0.2, -0.15) is 0 Å². The highest BCUT2D eigenvalue weighted by molar-refractivity contribution is 6.26. The summed E-state index contributed by atoms with van der Waals surface area (Å²) in [5, 5.41) is 10.3. The van der Waals surface area contributed by atoms with E-state index in [1.54, 1.807) is 0 Å². The summed E-state index contributed by atoms with van der Waals surface area (Å²) >= 11 is 5.16. The Labute approximate surface area is 86.1 Å². The summed E-state index contributed by atoms with van der Waals surface area (Å²) in [6, 6.07) is 0. The average Bonchev–Trinajstić information content (AvgIpc) is 2.15. The van der Waals surface area contributed by atoms with E-state index in [0.29, 0.717) is 0 Å². The van der Waals surface area contributed by atoms with Crippen LogP contribution in [0.25, 0.3) is 0 Å².